The van der Waals surface area contributed by atoms with Gasteiger partial charge in [0.25, 0.3) is 0 Å². The molecular weight excluding hydrogens is 697 g/mol. The molecule has 5 nitrogen and oxygen atoms in total. The van der Waals surface area contributed by atoms with Gasteiger partial charge in [-0.25, -0.2) is 9.97 Å². The van der Waals surface area contributed by atoms with Crippen LogP contribution in [-0.2, 0) is 0 Å². The Labute approximate surface area is 325 Å². The summed E-state index contributed by atoms with van der Waals surface area (Å²) in [5.74, 6) is 1.35. The lowest BCUT2D eigenvalue weighted by atomic mass is 9.89. The zero-order valence-corrected chi connectivity index (χ0v) is 30.5. The fourth-order valence-electron chi connectivity index (χ4n) is 9.60. The van der Waals surface area contributed by atoms with E-state index in [1.54, 1.807) is 0 Å². The van der Waals surface area contributed by atoms with Gasteiger partial charge in [0.1, 0.15) is 11.1 Å². The zero-order chi connectivity index (χ0) is 37.2. The minimum absolute atomic E-state index is 0.646. The van der Waals surface area contributed by atoms with E-state index in [9.17, 15) is 0 Å². The molecule has 0 radical (unpaired) electrons. The highest BCUT2D eigenvalue weighted by molar-refractivity contribution is 6.45. The van der Waals surface area contributed by atoms with Gasteiger partial charge in [-0.15, -0.1) is 0 Å². The molecule has 0 saturated carbocycles. The Hall–Kier alpha value is -7.76. The number of furan rings is 1. The van der Waals surface area contributed by atoms with E-state index in [0.717, 1.165) is 55.2 Å². The maximum absolute atomic E-state index is 6.84. The Kier molecular flexibility index (Phi) is 6.10. The number of hydrogen-bond donors (Lipinski definition) is 0. The molecule has 0 aliphatic rings. The molecule has 9 aromatic carbocycles. The molecule has 0 N–H and O–H groups in total. The summed E-state index contributed by atoms with van der Waals surface area (Å²) in [7, 11) is 0. The minimum atomic E-state index is 0.646. The lowest BCUT2D eigenvalue weighted by molar-refractivity contribution is 0.662. The van der Waals surface area contributed by atoms with Gasteiger partial charge in [0.2, 0.25) is 0 Å². The lowest BCUT2D eigenvalue weighted by Crippen LogP contribution is -2.03. The molecule has 4 aromatic heterocycles. The van der Waals surface area contributed by atoms with Crippen molar-refractivity contribution in [3.63, 3.8) is 0 Å². The van der Waals surface area contributed by atoms with Crippen LogP contribution >= 0.6 is 0 Å². The number of hydrogen-bond acceptors (Lipinski definition) is 3. The molecule has 0 spiro atoms. The Bertz CT molecular complexity index is 3800. The molecule has 0 fully saturated rings. The van der Waals surface area contributed by atoms with E-state index in [-0.39, 0.29) is 0 Å². The van der Waals surface area contributed by atoms with Gasteiger partial charge in [0, 0.05) is 49.0 Å². The fourth-order valence-corrected chi connectivity index (χ4v) is 9.60. The summed E-state index contributed by atoms with van der Waals surface area (Å²) in [6.45, 7) is 0. The second-order valence-corrected chi connectivity index (χ2v) is 14.8. The van der Waals surface area contributed by atoms with Crippen LogP contribution in [0.25, 0.3) is 121 Å². The smallest absolute Gasteiger partial charge is 0.197 e. The molecular formula is C52H30N4O. The molecule has 4 heterocycles. The van der Waals surface area contributed by atoms with Crippen LogP contribution in [0.15, 0.2) is 186 Å². The van der Waals surface area contributed by atoms with Crippen molar-refractivity contribution < 1.29 is 4.42 Å². The molecule has 13 aromatic rings. The van der Waals surface area contributed by atoms with Gasteiger partial charge in [-0.1, -0.05) is 146 Å². The summed E-state index contributed by atoms with van der Waals surface area (Å²) in [4.78, 5) is 10.7. The maximum atomic E-state index is 6.84. The summed E-state index contributed by atoms with van der Waals surface area (Å²) < 4.78 is 11.7. The summed E-state index contributed by atoms with van der Waals surface area (Å²) in [6, 6.07) is 64.7. The van der Waals surface area contributed by atoms with Crippen LogP contribution in [0.1, 0.15) is 0 Å². The van der Waals surface area contributed by atoms with Crippen molar-refractivity contribution in [2.24, 2.45) is 0 Å². The monoisotopic (exact) mass is 726 g/mol. The first-order valence-corrected chi connectivity index (χ1v) is 19.4. The molecule has 0 bridgehead atoms. The Morgan fingerprint density at radius 1 is 0.368 bits per heavy atom. The van der Waals surface area contributed by atoms with E-state index in [1.165, 1.54) is 48.5 Å². The van der Waals surface area contributed by atoms with Crippen molar-refractivity contribution in [2.75, 3.05) is 0 Å². The van der Waals surface area contributed by atoms with Gasteiger partial charge in [0.05, 0.1) is 22.1 Å². The Balaban J connectivity index is 1.39. The lowest BCUT2D eigenvalue weighted by Gasteiger charge is -2.16. The van der Waals surface area contributed by atoms with Crippen LogP contribution in [0.2, 0.25) is 0 Å². The number of rotatable bonds is 3. The standard InChI is InChI=1S/C52H30N4O/c1-3-17-31(18-4-1)51-53-47-39-27-13-16-30-42(39)57-50(47)52(54-51)56-41-29-15-12-26-38(41)46-44-36-24-10-8-22-34(36)33-21-7-9-23-35(33)43(44)45-37-25-11-14-28-40(37)55(48(45)49(46)56)32-19-5-2-6-20-32/h1-30H. The predicted molar refractivity (Wildman–Crippen MR) is 236 cm³/mol. The van der Waals surface area contributed by atoms with Crippen LogP contribution in [0.5, 0.6) is 0 Å². The highest BCUT2D eigenvalue weighted by Gasteiger charge is 2.29. The van der Waals surface area contributed by atoms with Gasteiger partial charge < -0.3 is 8.98 Å². The normalized spacial score (nSPS) is 12.2. The summed E-state index contributed by atoms with van der Waals surface area (Å²) in [5, 5.41) is 13.1. The first kappa shape index (κ1) is 30.6. The molecule has 0 unspecified atom stereocenters. The van der Waals surface area contributed by atoms with E-state index in [0.29, 0.717) is 17.2 Å². The van der Waals surface area contributed by atoms with Gasteiger partial charge in [-0.05, 0) is 57.9 Å². The van der Waals surface area contributed by atoms with Crippen LogP contribution in [0.4, 0.5) is 0 Å². The van der Waals surface area contributed by atoms with Crippen LogP contribution in [0, 0.1) is 0 Å². The summed E-state index contributed by atoms with van der Waals surface area (Å²) in [6.07, 6.45) is 0. The van der Waals surface area contributed by atoms with E-state index < -0.39 is 0 Å². The Morgan fingerprint density at radius 3 is 1.47 bits per heavy atom. The van der Waals surface area contributed by atoms with Crippen LogP contribution < -0.4 is 0 Å². The summed E-state index contributed by atoms with van der Waals surface area (Å²) in [5.41, 5.74) is 8.62. The Morgan fingerprint density at radius 2 is 0.842 bits per heavy atom. The molecule has 0 atom stereocenters. The molecule has 0 aliphatic carbocycles. The number of nitrogens with zero attached hydrogens (tertiary/aromatic N) is 4. The van der Waals surface area contributed by atoms with Crippen LogP contribution in [-0.4, -0.2) is 19.1 Å². The zero-order valence-electron chi connectivity index (χ0n) is 30.5. The molecule has 264 valence electrons. The van der Waals surface area contributed by atoms with Crippen molar-refractivity contribution >= 4 is 98.0 Å². The number of fused-ring (bicyclic) bond motifs is 18. The quantitative estimate of drug-likeness (QED) is 0.170. The van der Waals surface area contributed by atoms with E-state index in [4.69, 9.17) is 14.4 Å². The highest BCUT2D eigenvalue weighted by Crippen LogP contribution is 2.51. The average molecular weight is 727 g/mol. The third-order valence-electron chi connectivity index (χ3n) is 11.9. The minimum Gasteiger partial charge on any atom is -0.450 e. The van der Waals surface area contributed by atoms with E-state index in [1.807, 2.05) is 36.4 Å². The largest absolute Gasteiger partial charge is 0.450 e. The maximum Gasteiger partial charge on any atom is 0.197 e. The number of aromatic nitrogens is 4. The van der Waals surface area contributed by atoms with Crippen molar-refractivity contribution in [1.82, 2.24) is 19.1 Å². The van der Waals surface area contributed by atoms with E-state index in [2.05, 4.69) is 155 Å². The van der Waals surface area contributed by atoms with Crippen molar-refractivity contribution in [3.05, 3.63) is 182 Å². The highest BCUT2D eigenvalue weighted by atomic mass is 16.3. The summed E-state index contributed by atoms with van der Waals surface area (Å²) >= 11 is 0. The molecule has 5 heteroatoms. The third-order valence-corrected chi connectivity index (χ3v) is 11.9. The van der Waals surface area contributed by atoms with Gasteiger partial charge in [0.15, 0.2) is 17.2 Å². The SMILES string of the molecule is c1ccc(-c2nc(-n3c4ccccc4c4c5c6ccccc6c6ccccc6c5c5c6ccccc6n(-c6ccccc6)c5c43)c3oc4ccccc4c3n2)cc1. The first-order chi connectivity index (χ1) is 28.3. The molecule has 0 amide bonds. The third kappa shape index (κ3) is 4.07. The van der Waals surface area contributed by atoms with Gasteiger partial charge >= 0.3 is 0 Å². The van der Waals surface area contributed by atoms with Crippen molar-refractivity contribution in [2.45, 2.75) is 0 Å². The predicted octanol–water partition coefficient (Wildman–Crippen LogP) is 13.7. The second kappa shape index (κ2) is 11.4. The van der Waals surface area contributed by atoms with Gasteiger partial charge in [-0.2, -0.15) is 0 Å². The molecule has 0 aliphatic heterocycles. The first-order valence-electron chi connectivity index (χ1n) is 19.4. The number of para-hydroxylation sites is 4. The van der Waals surface area contributed by atoms with Crippen LogP contribution in [0.3, 0.4) is 0 Å². The number of benzene rings is 9. The topological polar surface area (TPSA) is 48.8 Å². The van der Waals surface area contributed by atoms with E-state index >= 15 is 0 Å². The van der Waals surface area contributed by atoms with Crippen molar-refractivity contribution in [3.8, 4) is 22.9 Å². The van der Waals surface area contributed by atoms with Crippen molar-refractivity contribution in [1.29, 1.82) is 0 Å². The molecule has 0 saturated heterocycles. The second-order valence-electron chi connectivity index (χ2n) is 14.8. The molecule has 57 heavy (non-hydrogen) atoms. The average Bonchev–Trinajstić information content (AvgIpc) is 3.95. The molecule has 13 rings (SSSR count). The fraction of sp³-hybridized carbons (Fsp3) is 0. The van der Waals surface area contributed by atoms with Gasteiger partial charge in [-0.3, -0.25) is 4.57 Å².